The van der Waals surface area contributed by atoms with Crippen molar-refractivity contribution in [3.63, 3.8) is 0 Å². The highest BCUT2D eigenvalue weighted by molar-refractivity contribution is 6.07. The first-order chi connectivity index (χ1) is 16.0. The van der Waals surface area contributed by atoms with Gasteiger partial charge in [0.25, 0.3) is 0 Å². The van der Waals surface area contributed by atoms with E-state index in [2.05, 4.69) is 17.5 Å². The molecule has 1 aliphatic heterocycles. The van der Waals surface area contributed by atoms with Crippen LogP contribution in [0, 0.1) is 30.6 Å². The van der Waals surface area contributed by atoms with Crippen LogP contribution in [0.15, 0.2) is 60.7 Å². The van der Waals surface area contributed by atoms with E-state index in [-0.39, 0.29) is 47.8 Å². The van der Waals surface area contributed by atoms with Crippen molar-refractivity contribution in [3.05, 3.63) is 71.8 Å². The third-order valence-corrected chi connectivity index (χ3v) is 7.19. The fourth-order valence-corrected chi connectivity index (χ4v) is 5.72. The highest BCUT2D eigenvalue weighted by Gasteiger charge is 2.60. The third kappa shape index (κ3) is 3.73. The number of aryl methyl sites for hydroxylation is 1. The summed E-state index contributed by atoms with van der Waals surface area (Å²) >= 11 is 0. The Hall–Kier alpha value is -3.41. The van der Waals surface area contributed by atoms with Gasteiger partial charge in [0.1, 0.15) is 5.75 Å². The molecular weight excluding hydrogens is 416 g/mol. The lowest BCUT2D eigenvalue weighted by Gasteiger charge is -2.29. The number of amides is 3. The minimum Gasteiger partial charge on any atom is -0.494 e. The number of fused-ring (bicyclic) bond motifs is 5. The Morgan fingerprint density at radius 1 is 1.03 bits per heavy atom. The van der Waals surface area contributed by atoms with Crippen molar-refractivity contribution >= 4 is 23.4 Å². The first-order valence-corrected chi connectivity index (χ1v) is 11.6. The maximum Gasteiger partial charge on any atom is 0.234 e. The Kier molecular flexibility index (Phi) is 5.52. The molecule has 170 valence electrons. The fraction of sp³-hybridized carbons (Fsp3) is 0.370. The molecule has 5 unspecified atom stereocenters. The van der Waals surface area contributed by atoms with Crippen molar-refractivity contribution in [2.45, 2.75) is 32.7 Å². The molecule has 2 aliphatic carbocycles. The highest BCUT2D eigenvalue weighted by atomic mass is 16.5. The van der Waals surface area contributed by atoms with Crippen molar-refractivity contribution in [1.82, 2.24) is 4.90 Å². The van der Waals surface area contributed by atoms with Crippen LogP contribution in [0.4, 0.5) is 5.69 Å². The van der Waals surface area contributed by atoms with Gasteiger partial charge in [-0.2, -0.15) is 0 Å². The van der Waals surface area contributed by atoms with Gasteiger partial charge in [-0.3, -0.25) is 19.3 Å². The third-order valence-electron chi connectivity index (χ3n) is 7.19. The van der Waals surface area contributed by atoms with Crippen LogP contribution in [0.5, 0.6) is 5.75 Å². The van der Waals surface area contributed by atoms with Crippen LogP contribution in [-0.2, 0) is 14.4 Å². The molecule has 2 aromatic carbocycles. The molecule has 1 N–H and O–H groups in total. The van der Waals surface area contributed by atoms with E-state index < -0.39 is 6.04 Å². The number of imide groups is 1. The number of nitrogens with zero attached hydrogens (tertiary/aromatic N) is 1. The number of hydrogen-bond donors (Lipinski definition) is 1. The molecule has 6 heteroatoms. The molecule has 0 radical (unpaired) electrons. The van der Waals surface area contributed by atoms with Crippen LogP contribution >= 0.6 is 0 Å². The van der Waals surface area contributed by atoms with Gasteiger partial charge in [-0.05, 0) is 67.5 Å². The van der Waals surface area contributed by atoms with Crippen LogP contribution in [0.3, 0.4) is 0 Å². The number of rotatable bonds is 7. The van der Waals surface area contributed by atoms with Crippen LogP contribution in [0.1, 0.15) is 36.9 Å². The average molecular weight is 445 g/mol. The minimum absolute atomic E-state index is 0.0117. The molecule has 0 spiro atoms. The number of likely N-dealkylation sites (tertiary alicyclic amines) is 1. The van der Waals surface area contributed by atoms with Gasteiger partial charge in [-0.25, -0.2) is 0 Å². The van der Waals surface area contributed by atoms with Gasteiger partial charge in [0.05, 0.1) is 30.9 Å². The Morgan fingerprint density at radius 2 is 1.67 bits per heavy atom. The first-order valence-electron chi connectivity index (χ1n) is 11.6. The summed E-state index contributed by atoms with van der Waals surface area (Å²) in [5, 5.41) is 2.91. The van der Waals surface area contributed by atoms with Crippen molar-refractivity contribution in [1.29, 1.82) is 0 Å². The van der Waals surface area contributed by atoms with Gasteiger partial charge in [0.15, 0.2) is 0 Å². The molecule has 3 amide bonds. The quantitative estimate of drug-likeness (QED) is 0.511. The van der Waals surface area contributed by atoms with Crippen LogP contribution in [0.25, 0.3) is 0 Å². The van der Waals surface area contributed by atoms with Gasteiger partial charge in [0.2, 0.25) is 17.7 Å². The second-order valence-electron chi connectivity index (χ2n) is 9.13. The number of carbonyl (C=O) groups excluding carboxylic acids is 3. The Morgan fingerprint density at radius 3 is 2.27 bits per heavy atom. The highest BCUT2D eigenvalue weighted by Crippen LogP contribution is 2.54. The van der Waals surface area contributed by atoms with Crippen molar-refractivity contribution in [3.8, 4) is 5.75 Å². The molecule has 2 aromatic rings. The van der Waals surface area contributed by atoms with Gasteiger partial charge >= 0.3 is 0 Å². The zero-order chi connectivity index (χ0) is 23.1. The maximum atomic E-state index is 13.5. The number of anilines is 1. The number of allylic oxidation sites excluding steroid dienone is 2. The summed E-state index contributed by atoms with van der Waals surface area (Å²) in [7, 11) is 0. The van der Waals surface area contributed by atoms with Crippen LogP contribution in [0.2, 0.25) is 0 Å². The van der Waals surface area contributed by atoms with Gasteiger partial charge in [-0.1, -0.05) is 36.4 Å². The molecular formula is C27H28N2O4. The van der Waals surface area contributed by atoms with Crippen molar-refractivity contribution < 1.29 is 19.1 Å². The zero-order valence-electron chi connectivity index (χ0n) is 18.9. The van der Waals surface area contributed by atoms with E-state index in [0.717, 1.165) is 23.3 Å². The van der Waals surface area contributed by atoms with Crippen molar-refractivity contribution in [2.75, 3.05) is 11.9 Å². The SMILES string of the molecule is CCOc1ccc(NC(=O)CC(c2ccccc2C)N2C(=O)C3C4C=CC(C4)C3C2=O)cc1. The lowest BCUT2D eigenvalue weighted by atomic mass is 9.85. The van der Waals surface area contributed by atoms with E-state index in [4.69, 9.17) is 4.74 Å². The summed E-state index contributed by atoms with van der Waals surface area (Å²) in [6.45, 7) is 4.43. The number of carbonyl (C=O) groups is 3. The molecule has 5 rings (SSSR count). The molecule has 1 heterocycles. The lowest BCUT2D eigenvalue weighted by molar-refractivity contribution is -0.144. The minimum atomic E-state index is -0.626. The summed E-state index contributed by atoms with van der Waals surface area (Å²) in [6.07, 6.45) is 5.06. The normalized spacial score (nSPS) is 25.9. The molecule has 1 saturated carbocycles. The smallest absolute Gasteiger partial charge is 0.234 e. The van der Waals surface area contributed by atoms with E-state index >= 15 is 0 Å². The van der Waals surface area contributed by atoms with E-state index in [1.54, 1.807) is 24.3 Å². The fourth-order valence-electron chi connectivity index (χ4n) is 5.72. The molecule has 1 saturated heterocycles. The first kappa shape index (κ1) is 21.4. The summed E-state index contributed by atoms with van der Waals surface area (Å²) < 4.78 is 5.45. The molecule has 5 atom stereocenters. The largest absolute Gasteiger partial charge is 0.494 e. The van der Waals surface area contributed by atoms with Gasteiger partial charge in [-0.15, -0.1) is 0 Å². The second-order valence-corrected chi connectivity index (χ2v) is 9.13. The molecule has 33 heavy (non-hydrogen) atoms. The van der Waals surface area contributed by atoms with E-state index in [0.29, 0.717) is 12.3 Å². The summed E-state index contributed by atoms with van der Waals surface area (Å²) in [6, 6.07) is 14.2. The number of hydrogen-bond acceptors (Lipinski definition) is 4. The van der Waals surface area contributed by atoms with Crippen LogP contribution in [-0.4, -0.2) is 29.2 Å². The molecule has 0 aromatic heterocycles. The van der Waals surface area contributed by atoms with Gasteiger partial charge in [0, 0.05) is 5.69 Å². The zero-order valence-corrected chi connectivity index (χ0v) is 18.9. The second kappa shape index (κ2) is 8.50. The molecule has 2 bridgehead atoms. The predicted molar refractivity (Wildman–Crippen MR) is 124 cm³/mol. The topological polar surface area (TPSA) is 75.7 Å². The Labute approximate surface area is 193 Å². The number of ether oxygens (including phenoxy) is 1. The summed E-state index contributed by atoms with van der Waals surface area (Å²) in [4.78, 5) is 41.4. The molecule has 3 aliphatic rings. The Bertz CT molecular complexity index is 1090. The molecule has 6 nitrogen and oxygen atoms in total. The average Bonchev–Trinajstić information content (AvgIpc) is 3.48. The van der Waals surface area contributed by atoms with E-state index in [1.807, 2.05) is 38.1 Å². The monoisotopic (exact) mass is 444 g/mol. The lowest BCUT2D eigenvalue weighted by Crippen LogP contribution is -2.38. The van der Waals surface area contributed by atoms with Crippen molar-refractivity contribution in [2.24, 2.45) is 23.7 Å². The summed E-state index contributed by atoms with van der Waals surface area (Å²) in [5.74, 6) is -0.0786. The maximum absolute atomic E-state index is 13.5. The van der Waals surface area contributed by atoms with E-state index in [9.17, 15) is 14.4 Å². The molecule has 2 fully saturated rings. The van der Waals surface area contributed by atoms with E-state index in [1.165, 1.54) is 4.90 Å². The Balaban J connectivity index is 1.40. The van der Waals surface area contributed by atoms with Crippen LogP contribution < -0.4 is 10.1 Å². The standard InChI is InChI=1S/C27H28N2O4/c1-3-33-20-12-10-19(11-13-20)28-23(30)15-22(21-7-5-4-6-16(21)2)29-26(31)24-17-8-9-18(14-17)25(24)27(29)32/h4-13,17-18,22,24-25H,3,14-15H2,1-2H3,(H,28,30). The number of nitrogens with one attached hydrogen (secondary N) is 1. The van der Waals surface area contributed by atoms with Gasteiger partial charge < -0.3 is 10.1 Å². The summed E-state index contributed by atoms with van der Waals surface area (Å²) in [5.41, 5.74) is 2.43. The predicted octanol–water partition coefficient (Wildman–Crippen LogP) is 4.27. The number of benzene rings is 2.